The number of rotatable bonds is 4. The summed E-state index contributed by atoms with van der Waals surface area (Å²) in [6.07, 6.45) is -4.54. The minimum absolute atomic E-state index is 0.0274. The fraction of sp³-hybridized carbons (Fsp3) is 0.0476. The topological polar surface area (TPSA) is 58.2 Å². The van der Waals surface area contributed by atoms with E-state index in [1.54, 1.807) is 12.1 Å². The van der Waals surface area contributed by atoms with Crippen LogP contribution in [0.25, 0.3) is 0 Å². The zero-order valence-corrected chi connectivity index (χ0v) is 16.6. The minimum Gasteiger partial charge on any atom is -0.322 e. The van der Waals surface area contributed by atoms with Crippen molar-refractivity contribution in [2.24, 2.45) is 0 Å². The first-order chi connectivity index (χ1) is 14.1. The van der Waals surface area contributed by atoms with E-state index in [0.717, 1.165) is 12.1 Å². The second-order valence-corrected chi connectivity index (χ2v) is 6.98. The van der Waals surface area contributed by atoms with Crippen LogP contribution in [-0.2, 0) is 6.18 Å². The van der Waals surface area contributed by atoms with Crippen LogP contribution < -0.4 is 10.6 Å². The summed E-state index contributed by atoms with van der Waals surface area (Å²) in [6, 6.07) is 14.7. The number of carbonyl (C=O) groups excluding carboxylic acids is 2. The molecule has 154 valence electrons. The number of alkyl halides is 3. The van der Waals surface area contributed by atoms with Gasteiger partial charge in [-0.3, -0.25) is 9.59 Å². The molecule has 0 saturated carbocycles. The van der Waals surface area contributed by atoms with Gasteiger partial charge < -0.3 is 10.6 Å². The SMILES string of the molecule is O=C(Nc1ccccc1C(=O)Nc1cccc(C(F)(F)F)c1)c1ccc(Cl)c(Cl)c1. The van der Waals surface area contributed by atoms with Gasteiger partial charge in [-0.2, -0.15) is 13.2 Å². The van der Waals surface area contributed by atoms with Crippen LogP contribution in [0, 0.1) is 0 Å². The van der Waals surface area contributed by atoms with Gasteiger partial charge in [0.2, 0.25) is 0 Å². The van der Waals surface area contributed by atoms with E-state index < -0.39 is 23.6 Å². The van der Waals surface area contributed by atoms with Crippen molar-refractivity contribution in [1.29, 1.82) is 0 Å². The number of anilines is 2. The molecule has 30 heavy (non-hydrogen) atoms. The van der Waals surface area contributed by atoms with Crippen LogP contribution in [0.15, 0.2) is 66.7 Å². The number of para-hydroxylation sites is 1. The molecule has 0 aliphatic carbocycles. The first-order valence-electron chi connectivity index (χ1n) is 8.49. The molecule has 0 fully saturated rings. The highest BCUT2D eigenvalue weighted by molar-refractivity contribution is 6.42. The highest BCUT2D eigenvalue weighted by atomic mass is 35.5. The Morgan fingerprint density at radius 1 is 0.767 bits per heavy atom. The van der Waals surface area contributed by atoms with E-state index in [9.17, 15) is 22.8 Å². The standard InChI is InChI=1S/C21H13Cl2F3N2O2/c22-16-9-8-12(10-17(16)23)19(29)28-18-7-2-1-6-15(18)20(30)27-14-5-3-4-13(11-14)21(24,25)26/h1-11H,(H,27,30)(H,28,29). The first kappa shape index (κ1) is 21.7. The molecule has 0 atom stereocenters. The van der Waals surface area contributed by atoms with Gasteiger partial charge in [0.15, 0.2) is 0 Å². The molecule has 3 aromatic rings. The molecule has 9 heteroatoms. The zero-order valence-electron chi connectivity index (χ0n) is 15.1. The molecule has 2 N–H and O–H groups in total. The van der Waals surface area contributed by atoms with Crippen LogP contribution in [0.2, 0.25) is 10.0 Å². The maximum Gasteiger partial charge on any atom is 0.416 e. The average molecular weight is 453 g/mol. The Morgan fingerprint density at radius 2 is 1.50 bits per heavy atom. The van der Waals surface area contributed by atoms with Gasteiger partial charge in [0, 0.05) is 11.3 Å². The van der Waals surface area contributed by atoms with Crippen molar-refractivity contribution in [3.8, 4) is 0 Å². The van der Waals surface area contributed by atoms with Gasteiger partial charge in [0.05, 0.1) is 26.9 Å². The van der Waals surface area contributed by atoms with Crippen molar-refractivity contribution in [3.05, 3.63) is 93.5 Å². The average Bonchev–Trinajstić information content (AvgIpc) is 2.70. The maximum atomic E-state index is 12.9. The lowest BCUT2D eigenvalue weighted by atomic mass is 10.1. The lowest BCUT2D eigenvalue weighted by molar-refractivity contribution is -0.137. The quantitative estimate of drug-likeness (QED) is 0.473. The Labute approximate surface area is 179 Å². The number of nitrogens with one attached hydrogen (secondary N) is 2. The summed E-state index contributed by atoms with van der Waals surface area (Å²) in [5.74, 6) is -1.22. The number of hydrogen-bond donors (Lipinski definition) is 2. The van der Waals surface area contributed by atoms with E-state index in [1.165, 1.54) is 42.5 Å². The van der Waals surface area contributed by atoms with E-state index >= 15 is 0 Å². The third-order valence-electron chi connectivity index (χ3n) is 4.05. The normalized spacial score (nSPS) is 11.1. The minimum atomic E-state index is -4.54. The lowest BCUT2D eigenvalue weighted by Crippen LogP contribution is -2.18. The molecule has 0 unspecified atom stereocenters. The van der Waals surface area contributed by atoms with Crippen molar-refractivity contribution in [2.45, 2.75) is 6.18 Å². The maximum absolute atomic E-state index is 12.9. The Morgan fingerprint density at radius 3 is 2.20 bits per heavy atom. The first-order valence-corrected chi connectivity index (χ1v) is 9.25. The van der Waals surface area contributed by atoms with Crippen molar-refractivity contribution in [2.75, 3.05) is 10.6 Å². The van der Waals surface area contributed by atoms with Crippen molar-refractivity contribution in [3.63, 3.8) is 0 Å². The summed E-state index contributed by atoms with van der Waals surface area (Å²) in [7, 11) is 0. The summed E-state index contributed by atoms with van der Waals surface area (Å²) >= 11 is 11.8. The molecule has 0 aliphatic rings. The predicted octanol–water partition coefficient (Wildman–Crippen LogP) is 6.52. The second-order valence-electron chi connectivity index (χ2n) is 6.16. The molecule has 0 bridgehead atoms. The Bertz CT molecular complexity index is 1120. The molecule has 0 spiro atoms. The summed E-state index contributed by atoms with van der Waals surface area (Å²) in [4.78, 5) is 25.1. The van der Waals surface area contributed by atoms with E-state index in [4.69, 9.17) is 23.2 Å². The lowest BCUT2D eigenvalue weighted by Gasteiger charge is -2.13. The molecule has 0 heterocycles. The Kier molecular flexibility index (Phi) is 6.34. The molecule has 0 radical (unpaired) electrons. The van der Waals surface area contributed by atoms with Crippen LogP contribution in [0.3, 0.4) is 0 Å². The van der Waals surface area contributed by atoms with Crippen LogP contribution in [0.5, 0.6) is 0 Å². The van der Waals surface area contributed by atoms with Gasteiger partial charge in [-0.25, -0.2) is 0 Å². The smallest absolute Gasteiger partial charge is 0.322 e. The Balaban J connectivity index is 1.82. The molecule has 3 aromatic carbocycles. The third kappa shape index (κ3) is 5.11. The third-order valence-corrected chi connectivity index (χ3v) is 4.79. The monoisotopic (exact) mass is 452 g/mol. The number of halogens is 5. The van der Waals surface area contributed by atoms with Crippen LogP contribution in [0.4, 0.5) is 24.5 Å². The number of carbonyl (C=O) groups is 2. The summed E-state index contributed by atoms with van der Waals surface area (Å²) in [5.41, 5.74) is -0.444. The summed E-state index contributed by atoms with van der Waals surface area (Å²) < 4.78 is 38.6. The second kappa shape index (κ2) is 8.77. The van der Waals surface area contributed by atoms with Gasteiger partial charge in [-0.1, -0.05) is 41.4 Å². The molecular formula is C21H13Cl2F3N2O2. The summed E-state index contributed by atoms with van der Waals surface area (Å²) in [6.45, 7) is 0. The predicted molar refractivity (Wildman–Crippen MR) is 110 cm³/mol. The molecular weight excluding hydrogens is 440 g/mol. The number of hydrogen-bond acceptors (Lipinski definition) is 2. The highest BCUT2D eigenvalue weighted by Gasteiger charge is 2.30. The van der Waals surface area contributed by atoms with Gasteiger partial charge >= 0.3 is 6.18 Å². The Hall–Kier alpha value is -3.03. The van der Waals surface area contributed by atoms with Gasteiger partial charge in [0.1, 0.15) is 0 Å². The number of amides is 2. The molecule has 0 aromatic heterocycles. The molecule has 3 rings (SSSR count). The van der Waals surface area contributed by atoms with Crippen molar-refractivity contribution >= 4 is 46.4 Å². The molecule has 2 amide bonds. The van der Waals surface area contributed by atoms with Crippen LogP contribution in [-0.4, -0.2) is 11.8 Å². The fourth-order valence-electron chi connectivity index (χ4n) is 2.59. The van der Waals surface area contributed by atoms with Gasteiger partial charge in [-0.15, -0.1) is 0 Å². The van der Waals surface area contributed by atoms with Gasteiger partial charge in [-0.05, 0) is 48.5 Å². The highest BCUT2D eigenvalue weighted by Crippen LogP contribution is 2.31. The van der Waals surface area contributed by atoms with E-state index in [0.29, 0.717) is 0 Å². The largest absolute Gasteiger partial charge is 0.416 e. The number of benzene rings is 3. The fourth-order valence-corrected chi connectivity index (χ4v) is 2.89. The van der Waals surface area contributed by atoms with E-state index in [-0.39, 0.29) is 32.5 Å². The zero-order chi connectivity index (χ0) is 21.9. The molecule has 0 aliphatic heterocycles. The van der Waals surface area contributed by atoms with Crippen molar-refractivity contribution in [1.82, 2.24) is 0 Å². The van der Waals surface area contributed by atoms with Crippen LogP contribution >= 0.6 is 23.2 Å². The van der Waals surface area contributed by atoms with E-state index in [2.05, 4.69) is 10.6 Å². The van der Waals surface area contributed by atoms with Crippen molar-refractivity contribution < 1.29 is 22.8 Å². The molecule has 4 nitrogen and oxygen atoms in total. The summed E-state index contributed by atoms with van der Waals surface area (Å²) in [5, 5.41) is 5.49. The van der Waals surface area contributed by atoms with Crippen LogP contribution in [0.1, 0.15) is 26.3 Å². The van der Waals surface area contributed by atoms with E-state index in [1.807, 2.05) is 0 Å². The molecule has 0 saturated heterocycles. The van der Waals surface area contributed by atoms with Gasteiger partial charge in [0.25, 0.3) is 11.8 Å².